The Hall–Kier alpha value is -0.700. The van der Waals surface area contributed by atoms with E-state index >= 15 is 0 Å². The van der Waals surface area contributed by atoms with Crippen LogP contribution in [0.5, 0.6) is 0 Å². The highest BCUT2D eigenvalue weighted by Gasteiger charge is 2.66. The molecular formula is C19H28O3. The molecule has 4 rings (SSSR count). The van der Waals surface area contributed by atoms with Crippen molar-refractivity contribution < 1.29 is 14.7 Å². The summed E-state index contributed by atoms with van der Waals surface area (Å²) in [5.41, 5.74) is -1.19. The van der Waals surface area contributed by atoms with Gasteiger partial charge in [0, 0.05) is 29.6 Å². The second-order valence-electron chi connectivity index (χ2n) is 8.96. The van der Waals surface area contributed by atoms with Crippen molar-refractivity contribution in [2.75, 3.05) is 0 Å². The molecule has 0 saturated heterocycles. The van der Waals surface area contributed by atoms with Crippen LogP contribution in [-0.4, -0.2) is 22.3 Å². The number of carbonyl (C=O) groups excluding carboxylic acids is 2. The van der Waals surface area contributed by atoms with E-state index in [1.54, 1.807) is 0 Å². The maximum absolute atomic E-state index is 13.0. The first-order chi connectivity index (χ1) is 10.3. The zero-order valence-corrected chi connectivity index (χ0v) is 13.9. The molecule has 0 aromatic heterocycles. The van der Waals surface area contributed by atoms with E-state index in [9.17, 15) is 14.7 Å². The van der Waals surface area contributed by atoms with E-state index in [2.05, 4.69) is 13.8 Å². The lowest BCUT2D eigenvalue weighted by molar-refractivity contribution is -0.201. The Morgan fingerprint density at radius 1 is 1.00 bits per heavy atom. The Balaban J connectivity index is 1.76. The third-order valence-corrected chi connectivity index (χ3v) is 8.24. The summed E-state index contributed by atoms with van der Waals surface area (Å²) in [5.74, 6) is 1.15. The van der Waals surface area contributed by atoms with Gasteiger partial charge in [0.1, 0.15) is 11.6 Å². The van der Waals surface area contributed by atoms with Gasteiger partial charge >= 0.3 is 0 Å². The maximum atomic E-state index is 13.0. The summed E-state index contributed by atoms with van der Waals surface area (Å²) in [6.45, 7) is 4.33. The van der Waals surface area contributed by atoms with Crippen LogP contribution in [0.25, 0.3) is 0 Å². The fraction of sp³-hybridized carbons (Fsp3) is 0.895. The molecule has 3 heteroatoms. The van der Waals surface area contributed by atoms with Gasteiger partial charge in [-0.25, -0.2) is 0 Å². The summed E-state index contributed by atoms with van der Waals surface area (Å²) < 4.78 is 0. The number of carbonyl (C=O) groups is 2. The zero-order chi connectivity index (χ0) is 15.8. The first-order valence-electron chi connectivity index (χ1n) is 9.10. The van der Waals surface area contributed by atoms with E-state index in [1.165, 1.54) is 0 Å². The van der Waals surface area contributed by atoms with Crippen molar-refractivity contribution >= 4 is 11.6 Å². The first-order valence-corrected chi connectivity index (χ1v) is 9.10. The molecule has 0 aliphatic heterocycles. The van der Waals surface area contributed by atoms with Crippen molar-refractivity contribution in [1.29, 1.82) is 0 Å². The number of rotatable bonds is 0. The average Bonchev–Trinajstić information content (AvgIpc) is 2.76. The second kappa shape index (κ2) is 4.43. The summed E-state index contributed by atoms with van der Waals surface area (Å²) in [5, 5.41) is 11.2. The van der Waals surface area contributed by atoms with Crippen molar-refractivity contribution in [2.45, 2.75) is 77.2 Å². The van der Waals surface area contributed by atoms with Crippen LogP contribution in [0.3, 0.4) is 0 Å². The molecule has 0 aromatic carbocycles. The highest BCUT2D eigenvalue weighted by molar-refractivity contribution is 5.91. The van der Waals surface area contributed by atoms with E-state index in [0.717, 1.165) is 44.9 Å². The van der Waals surface area contributed by atoms with Gasteiger partial charge in [-0.05, 0) is 43.9 Å². The highest BCUT2D eigenvalue weighted by Crippen LogP contribution is 2.65. The number of hydrogen-bond donors (Lipinski definition) is 1. The second-order valence-corrected chi connectivity index (χ2v) is 8.96. The van der Waals surface area contributed by atoms with Crippen molar-refractivity contribution in [3.05, 3.63) is 0 Å². The van der Waals surface area contributed by atoms with Crippen LogP contribution in [0.4, 0.5) is 0 Å². The molecule has 4 fully saturated rings. The lowest BCUT2D eigenvalue weighted by Gasteiger charge is -2.61. The molecule has 0 aromatic rings. The molecule has 0 amide bonds. The molecule has 4 aliphatic rings. The Morgan fingerprint density at radius 3 is 2.50 bits per heavy atom. The third-order valence-electron chi connectivity index (χ3n) is 8.24. The van der Waals surface area contributed by atoms with Gasteiger partial charge in [0.05, 0.1) is 5.60 Å². The predicted octanol–water partition coefficient (Wildman–Crippen LogP) is 3.28. The molecule has 0 radical (unpaired) electrons. The molecule has 1 N–H and O–H groups in total. The van der Waals surface area contributed by atoms with Crippen LogP contribution >= 0.6 is 0 Å². The van der Waals surface area contributed by atoms with Gasteiger partial charge in [-0.15, -0.1) is 0 Å². The topological polar surface area (TPSA) is 54.4 Å². The molecule has 0 bridgehead atoms. The van der Waals surface area contributed by atoms with Crippen molar-refractivity contribution in [2.24, 2.45) is 28.6 Å². The van der Waals surface area contributed by atoms with Crippen LogP contribution < -0.4 is 0 Å². The van der Waals surface area contributed by atoms with Gasteiger partial charge in [0.15, 0.2) is 0 Å². The molecule has 6 atom stereocenters. The largest absolute Gasteiger partial charge is 0.389 e. The van der Waals surface area contributed by atoms with Crippen molar-refractivity contribution in [3.8, 4) is 0 Å². The predicted molar refractivity (Wildman–Crippen MR) is 83.2 cm³/mol. The Kier molecular flexibility index (Phi) is 3.00. The smallest absolute Gasteiger partial charge is 0.139 e. The maximum Gasteiger partial charge on any atom is 0.139 e. The van der Waals surface area contributed by atoms with Crippen LogP contribution in [0.2, 0.25) is 0 Å². The van der Waals surface area contributed by atoms with Gasteiger partial charge in [0.2, 0.25) is 0 Å². The van der Waals surface area contributed by atoms with E-state index in [-0.39, 0.29) is 34.4 Å². The van der Waals surface area contributed by atoms with E-state index < -0.39 is 5.60 Å². The lowest BCUT2D eigenvalue weighted by Crippen LogP contribution is -2.64. The summed E-state index contributed by atoms with van der Waals surface area (Å²) in [7, 11) is 0. The van der Waals surface area contributed by atoms with E-state index in [0.29, 0.717) is 18.6 Å². The van der Waals surface area contributed by atoms with Crippen molar-refractivity contribution in [1.82, 2.24) is 0 Å². The Morgan fingerprint density at radius 2 is 1.73 bits per heavy atom. The molecular weight excluding hydrogens is 276 g/mol. The van der Waals surface area contributed by atoms with Gasteiger partial charge in [-0.3, -0.25) is 9.59 Å². The number of fused-ring (bicyclic) bond motifs is 5. The average molecular weight is 304 g/mol. The molecule has 4 aliphatic carbocycles. The third kappa shape index (κ3) is 1.61. The van der Waals surface area contributed by atoms with Crippen LogP contribution in [-0.2, 0) is 9.59 Å². The van der Waals surface area contributed by atoms with Gasteiger partial charge in [-0.1, -0.05) is 26.7 Å². The lowest BCUT2D eigenvalue weighted by atomic mass is 9.43. The van der Waals surface area contributed by atoms with Crippen LogP contribution in [0, 0.1) is 28.6 Å². The quantitative estimate of drug-likeness (QED) is 0.747. The molecule has 6 unspecified atom stereocenters. The summed E-state index contributed by atoms with van der Waals surface area (Å²) in [6, 6.07) is 0. The monoisotopic (exact) mass is 304 g/mol. The standard InChI is InChI=1S/C19H28O3/c1-17-10-7-13-16(12(17)5-6-15(17)21)14(20)11-19(22)9-4-3-8-18(13,19)2/h12-13,16,22H,3-11H2,1-2H3. The van der Waals surface area contributed by atoms with E-state index in [4.69, 9.17) is 0 Å². The first kappa shape index (κ1) is 14.9. The summed E-state index contributed by atoms with van der Waals surface area (Å²) >= 11 is 0. The van der Waals surface area contributed by atoms with Crippen LogP contribution in [0.15, 0.2) is 0 Å². The normalized spacial score (nSPS) is 54.6. The fourth-order valence-corrected chi connectivity index (χ4v) is 6.73. The molecule has 22 heavy (non-hydrogen) atoms. The number of ketones is 2. The zero-order valence-electron chi connectivity index (χ0n) is 13.9. The minimum atomic E-state index is -0.792. The number of aliphatic hydroxyl groups is 1. The molecule has 0 heterocycles. The van der Waals surface area contributed by atoms with Crippen molar-refractivity contribution in [3.63, 3.8) is 0 Å². The minimum absolute atomic E-state index is 0.0218. The number of hydrogen-bond acceptors (Lipinski definition) is 3. The van der Waals surface area contributed by atoms with E-state index in [1.807, 2.05) is 0 Å². The summed E-state index contributed by atoms with van der Waals surface area (Å²) in [4.78, 5) is 25.3. The molecule has 4 saturated carbocycles. The highest BCUT2D eigenvalue weighted by atomic mass is 16.3. The molecule has 0 spiro atoms. The fourth-order valence-electron chi connectivity index (χ4n) is 6.73. The van der Waals surface area contributed by atoms with Gasteiger partial charge in [0.25, 0.3) is 0 Å². The molecule has 3 nitrogen and oxygen atoms in total. The van der Waals surface area contributed by atoms with Gasteiger partial charge in [-0.2, -0.15) is 0 Å². The Bertz CT molecular complexity index is 541. The van der Waals surface area contributed by atoms with Gasteiger partial charge < -0.3 is 5.11 Å². The number of Topliss-reactive ketones (excluding diaryl/α,β-unsaturated/α-hetero) is 2. The molecule has 122 valence electrons. The SMILES string of the molecule is CC12CCC3C(C(=O)CC4(O)CCCCC34C)C1CCC2=O. The minimum Gasteiger partial charge on any atom is -0.389 e. The Labute approximate surface area is 132 Å². The summed E-state index contributed by atoms with van der Waals surface area (Å²) in [6.07, 6.45) is 7.73. The van der Waals surface area contributed by atoms with Crippen LogP contribution in [0.1, 0.15) is 71.6 Å².